The van der Waals surface area contributed by atoms with Crippen molar-refractivity contribution in [3.8, 4) is 0 Å². The number of aromatic nitrogens is 3. The molecule has 7 nitrogen and oxygen atoms in total. The van der Waals surface area contributed by atoms with E-state index in [0.29, 0.717) is 28.9 Å². The van der Waals surface area contributed by atoms with Gasteiger partial charge in [-0.05, 0) is 55.0 Å². The lowest BCUT2D eigenvalue weighted by Crippen LogP contribution is -2.22. The smallest absolute Gasteiger partial charge is 0.262 e. The quantitative estimate of drug-likeness (QED) is 0.632. The lowest BCUT2D eigenvalue weighted by Gasteiger charge is -2.13. The first-order chi connectivity index (χ1) is 12.6. The predicted molar refractivity (Wildman–Crippen MR) is 102 cm³/mol. The molecule has 0 bridgehead atoms. The highest BCUT2D eigenvalue weighted by molar-refractivity contribution is 5.93. The zero-order valence-corrected chi connectivity index (χ0v) is 14.6. The van der Waals surface area contributed by atoms with Gasteiger partial charge in [0.15, 0.2) is 0 Å². The Morgan fingerprint density at radius 1 is 1.27 bits per heavy atom. The number of aliphatic hydroxyl groups excluding tert-OH is 1. The number of fused-ring (bicyclic) bond motifs is 1. The standard InChI is InChI=1S/C19H21N5O2/c1-12-4-6-20-15(10-12)22-16-11-13-5-7-24(8-9-25)19(26)17(13)18(23-16)21-14-2-3-14/h4-7,10-11,14,25H,2-3,8-9H2,1H3,(H2,20,21,22,23). The van der Waals surface area contributed by atoms with Crippen LogP contribution in [0.25, 0.3) is 10.8 Å². The average molecular weight is 351 g/mol. The number of anilines is 3. The Bertz CT molecular complexity index is 1010. The molecule has 3 N–H and O–H groups in total. The lowest BCUT2D eigenvalue weighted by atomic mass is 10.2. The number of rotatable bonds is 6. The minimum absolute atomic E-state index is 0.0805. The predicted octanol–water partition coefficient (Wildman–Crippen LogP) is 2.41. The summed E-state index contributed by atoms with van der Waals surface area (Å²) in [4.78, 5) is 21.7. The Labute approximate surface area is 150 Å². The average Bonchev–Trinajstić information content (AvgIpc) is 3.41. The molecular weight excluding hydrogens is 330 g/mol. The Hall–Kier alpha value is -2.93. The minimum Gasteiger partial charge on any atom is -0.395 e. The van der Waals surface area contributed by atoms with Crippen molar-refractivity contribution in [1.82, 2.24) is 14.5 Å². The van der Waals surface area contributed by atoms with Crippen molar-refractivity contribution in [1.29, 1.82) is 0 Å². The van der Waals surface area contributed by atoms with E-state index in [1.54, 1.807) is 12.4 Å². The van der Waals surface area contributed by atoms with Crippen LogP contribution in [0, 0.1) is 6.92 Å². The maximum absolute atomic E-state index is 12.8. The molecular formula is C19H21N5O2. The molecule has 7 heteroatoms. The second kappa shape index (κ2) is 6.76. The molecule has 134 valence electrons. The number of nitrogens with zero attached hydrogens (tertiary/aromatic N) is 3. The highest BCUT2D eigenvalue weighted by Gasteiger charge is 2.23. The van der Waals surface area contributed by atoms with E-state index in [1.165, 1.54) is 4.57 Å². The molecule has 0 atom stereocenters. The third kappa shape index (κ3) is 3.39. The minimum atomic E-state index is -0.146. The highest BCUT2D eigenvalue weighted by atomic mass is 16.3. The summed E-state index contributed by atoms with van der Waals surface area (Å²) in [6, 6.07) is 7.97. The van der Waals surface area contributed by atoms with Gasteiger partial charge in [0, 0.05) is 25.0 Å². The Balaban J connectivity index is 1.80. The third-order valence-electron chi connectivity index (χ3n) is 4.39. The van der Waals surface area contributed by atoms with Gasteiger partial charge in [-0.15, -0.1) is 0 Å². The second-order valence-corrected chi connectivity index (χ2v) is 6.62. The Kier molecular flexibility index (Phi) is 4.30. The highest BCUT2D eigenvalue weighted by Crippen LogP contribution is 2.29. The van der Waals surface area contributed by atoms with Gasteiger partial charge >= 0.3 is 0 Å². The number of aryl methyl sites for hydroxylation is 1. The van der Waals surface area contributed by atoms with Crippen molar-refractivity contribution in [3.63, 3.8) is 0 Å². The second-order valence-electron chi connectivity index (χ2n) is 6.62. The normalized spacial score (nSPS) is 13.8. The van der Waals surface area contributed by atoms with Crippen LogP contribution in [0.15, 0.2) is 41.5 Å². The lowest BCUT2D eigenvalue weighted by molar-refractivity contribution is 0.274. The summed E-state index contributed by atoms with van der Waals surface area (Å²) in [5, 5.41) is 17.1. The summed E-state index contributed by atoms with van der Waals surface area (Å²) in [5.74, 6) is 1.93. The Morgan fingerprint density at radius 2 is 2.12 bits per heavy atom. The monoisotopic (exact) mass is 351 g/mol. The van der Waals surface area contributed by atoms with Crippen LogP contribution in [-0.2, 0) is 6.54 Å². The largest absolute Gasteiger partial charge is 0.395 e. The van der Waals surface area contributed by atoms with Crippen molar-refractivity contribution in [2.75, 3.05) is 17.2 Å². The molecule has 0 radical (unpaired) electrons. The molecule has 3 aromatic heterocycles. The first-order valence-electron chi connectivity index (χ1n) is 8.75. The van der Waals surface area contributed by atoms with Crippen molar-refractivity contribution < 1.29 is 5.11 Å². The van der Waals surface area contributed by atoms with Crippen molar-refractivity contribution >= 4 is 28.2 Å². The SMILES string of the molecule is Cc1ccnc(Nc2cc3ccn(CCO)c(=O)c3c(NC3CC3)n2)c1. The van der Waals surface area contributed by atoms with Gasteiger partial charge in [-0.3, -0.25) is 4.79 Å². The molecule has 1 aliphatic rings. The summed E-state index contributed by atoms with van der Waals surface area (Å²) in [6.45, 7) is 2.19. The number of hydrogen-bond donors (Lipinski definition) is 3. The van der Waals surface area contributed by atoms with Crippen LogP contribution in [0.4, 0.5) is 17.5 Å². The van der Waals surface area contributed by atoms with E-state index >= 15 is 0 Å². The molecule has 0 saturated heterocycles. The van der Waals surface area contributed by atoms with Crippen LogP contribution >= 0.6 is 0 Å². The maximum Gasteiger partial charge on any atom is 0.262 e. The van der Waals surface area contributed by atoms with E-state index in [2.05, 4.69) is 20.6 Å². The van der Waals surface area contributed by atoms with Crippen LogP contribution in [0.5, 0.6) is 0 Å². The van der Waals surface area contributed by atoms with E-state index in [-0.39, 0.29) is 18.7 Å². The number of nitrogens with one attached hydrogen (secondary N) is 2. The molecule has 26 heavy (non-hydrogen) atoms. The van der Waals surface area contributed by atoms with Crippen LogP contribution in [-0.4, -0.2) is 32.3 Å². The van der Waals surface area contributed by atoms with E-state index < -0.39 is 0 Å². The number of hydrogen-bond acceptors (Lipinski definition) is 6. The Morgan fingerprint density at radius 3 is 2.85 bits per heavy atom. The van der Waals surface area contributed by atoms with Gasteiger partial charge in [-0.1, -0.05) is 0 Å². The fraction of sp³-hybridized carbons (Fsp3) is 0.316. The van der Waals surface area contributed by atoms with Crippen LogP contribution in [0.2, 0.25) is 0 Å². The zero-order valence-electron chi connectivity index (χ0n) is 14.6. The maximum atomic E-state index is 12.8. The molecule has 0 amide bonds. The molecule has 1 aliphatic carbocycles. The molecule has 3 aromatic rings. The van der Waals surface area contributed by atoms with Crippen molar-refractivity contribution in [2.45, 2.75) is 32.4 Å². The summed E-state index contributed by atoms with van der Waals surface area (Å²) in [7, 11) is 0. The summed E-state index contributed by atoms with van der Waals surface area (Å²) in [5.41, 5.74) is 0.957. The number of aliphatic hydroxyl groups is 1. The topological polar surface area (TPSA) is 92.1 Å². The first-order valence-corrected chi connectivity index (χ1v) is 8.75. The van der Waals surface area contributed by atoms with Gasteiger partial charge < -0.3 is 20.3 Å². The molecule has 1 fully saturated rings. The fourth-order valence-corrected chi connectivity index (χ4v) is 2.91. The van der Waals surface area contributed by atoms with Gasteiger partial charge in [0.05, 0.1) is 12.0 Å². The van der Waals surface area contributed by atoms with Crippen molar-refractivity contribution in [2.24, 2.45) is 0 Å². The van der Waals surface area contributed by atoms with Crippen LogP contribution < -0.4 is 16.2 Å². The van der Waals surface area contributed by atoms with Gasteiger partial charge in [-0.2, -0.15) is 0 Å². The van der Waals surface area contributed by atoms with Gasteiger partial charge in [0.25, 0.3) is 5.56 Å². The number of pyridine rings is 3. The summed E-state index contributed by atoms with van der Waals surface area (Å²) >= 11 is 0. The molecule has 0 aromatic carbocycles. The van der Waals surface area contributed by atoms with Gasteiger partial charge in [0.2, 0.25) is 0 Å². The third-order valence-corrected chi connectivity index (χ3v) is 4.39. The van der Waals surface area contributed by atoms with E-state index in [0.717, 1.165) is 23.8 Å². The zero-order chi connectivity index (χ0) is 18.1. The summed E-state index contributed by atoms with van der Waals surface area (Å²) in [6.07, 6.45) is 5.61. The molecule has 0 aliphatic heterocycles. The van der Waals surface area contributed by atoms with Crippen LogP contribution in [0.1, 0.15) is 18.4 Å². The molecule has 0 unspecified atom stereocenters. The summed E-state index contributed by atoms with van der Waals surface area (Å²) < 4.78 is 1.51. The van der Waals surface area contributed by atoms with E-state index in [9.17, 15) is 4.79 Å². The molecule has 4 rings (SSSR count). The van der Waals surface area contributed by atoms with Crippen LogP contribution in [0.3, 0.4) is 0 Å². The van der Waals surface area contributed by atoms with Gasteiger partial charge in [-0.25, -0.2) is 9.97 Å². The van der Waals surface area contributed by atoms with Crippen molar-refractivity contribution in [3.05, 3.63) is 52.6 Å². The molecule has 0 spiro atoms. The molecule has 1 saturated carbocycles. The van der Waals surface area contributed by atoms with Gasteiger partial charge in [0.1, 0.15) is 17.5 Å². The molecule has 3 heterocycles. The van der Waals surface area contributed by atoms with E-state index in [4.69, 9.17) is 5.11 Å². The fourth-order valence-electron chi connectivity index (χ4n) is 2.91. The first kappa shape index (κ1) is 16.5. The van der Waals surface area contributed by atoms with E-state index in [1.807, 2.05) is 31.2 Å².